The lowest BCUT2D eigenvalue weighted by Gasteiger charge is -2.15. The fourth-order valence-corrected chi connectivity index (χ4v) is 2.51. The fourth-order valence-electron chi connectivity index (χ4n) is 2.51. The van der Waals surface area contributed by atoms with E-state index in [9.17, 15) is 9.59 Å². The van der Waals surface area contributed by atoms with E-state index in [0.29, 0.717) is 23.0 Å². The van der Waals surface area contributed by atoms with Gasteiger partial charge in [0.1, 0.15) is 17.2 Å². The average Bonchev–Trinajstić information content (AvgIpc) is 3.24. The Morgan fingerprint density at radius 2 is 1.93 bits per heavy atom. The smallest absolute Gasteiger partial charge is 0.266 e. The van der Waals surface area contributed by atoms with Gasteiger partial charge in [0.15, 0.2) is 11.9 Å². The van der Waals surface area contributed by atoms with Crippen molar-refractivity contribution < 1.29 is 18.7 Å². The Balaban J connectivity index is 1.53. The summed E-state index contributed by atoms with van der Waals surface area (Å²) < 4.78 is 17.3. The molecule has 0 radical (unpaired) electrons. The number of aromatic nitrogens is 2. The Kier molecular flexibility index (Phi) is 6.11. The molecule has 2 aromatic heterocycles. The van der Waals surface area contributed by atoms with Crippen LogP contribution in [-0.4, -0.2) is 35.4 Å². The highest BCUT2D eigenvalue weighted by Crippen LogP contribution is 2.18. The summed E-state index contributed by atoms with van der Waals surface area (Å²) in [6.07, 6.45) is 0.851. The van der Waals surface area contributed by atoms with E-state index in [1.165, 1.54) is 17.0 Å². The fraction of sp³-hybridized carbons (Fsp3) is 0.250. The van der Waals surface area contributed by atoms with E-state index in [1.54, 1.807) is 56.5 Å². The molecule has 0 spiro atoms. The first-order valence-electron chi connectivity index (χ1n) is 8.77. The molecule has 8 heteroatoms. The third-order valence-electron chi connectivity index (χ3n) is 4.00. The molecule has 0 bridgehead atoms. The molecule has 1 N–H and O–H groups in total. The van der Waals surface area contributed by atoms with Gasteiger partial charge in [0.2, 0.25) is 0 Å². The van der Waals surface area contributed by atoms with Gasteiger partial charge in [0.25, 0.3) is 11.5 Å². The molecule has 3 aromatic rings. The number of amides is 1. The summed E-state index contributed by atoms with van der Waals surface area (Å²) in [7, 11) is 1.58. The minimum Gasteiger partial charge on any atom is -0.497 e. The quantitative estimate of drug-likeness (QED) is 0.640. The second kappa shape index (κ2) is 8.90. The summed E-state index contributed by atoms with van der Waals surface area (Å²) in [5, 5.41) is 7.00. The van der Waals surface area contributed by atoms with Crippen molar-refractivity contribution in [2.45, 2.75) is 19.6 Å². The van der Waals surface area contributed by atoms with Gasteiger partial charge in [-0.3, -0.25) is 9.59 Å². The van der Waals surface area contributed by atoms with Gasteiger partial charge in [-0.2, -0.15) is 5.10 Å². The minimum atomic E-state index is -0.687. The molecule has 2 heterocycles. The molecule has 8 nitrogen and oxygen atoms in total. The molecule has 146 valence electrons. The van der Waals surface area contributed by atoms with Crippen molar-refractivity contribution in [1.29, 1.82) is 0 Å². The van der Waals surface area contributed by atoms with Crippen molar-refractivity contribution in [2.24, 2.45) is 0 Å². The molecule has 0 aliphatic rings. The first-order valence-corrected chi connectivity index (χ1v) is 8.77. The number of methoxy groups -OCH3 is 1. The van der Waals surface area contributed by atoms with Gasteiger partial charge in [-0.15, -0.1) is 0 Å². The summed E-state index contributed by atoms with van der Waals surface area (Å²) in [4.78, 5) is 24.2. The predicted molar refractivity (Wildman–Crippen MR) is 102 cm³/mol. The number of rotatable bonds is 8. The van der Waals surface area contributed by atoms with Crippen LogP contribution in [0.25, 0.3) is 11.5 Å². The van der Waals surface area contributed by atoms with Crippen LogP contribution in [0.1, 0.15) is 6.92 Å². The van der Waals surface area contributed by atoms with Gasteiger partial charge >= 0.3 is 0 Å². The summed E-state index contributed by atoms with van der Waals surface area (Å²) in [6.45, 7) is 2.12. The Morgan fingerprint density at radius 3 is 2.61 bits per heavy atom. The summed E-state index contributed by atoms with van der Waals surface area (Å²) in [5.74, 6) is 1.55. The molecule has 0 saturated heterocycles. The average molecular weight is 383 g/mol. The zero-order valence-corrected chi connectivity index (χ0v) is 15.6. The number of hydrogen-bond donors (Lipinski definition) is 1. The Bertz CT molecular complexity index is 964. The minimum absolute atomic E-state index is 0.231. The maximum absolute atomic E-state index is 12.2. The first-order chi connectivity index (χ1) is 13.6. The lowest BCUT2D eigenvalue weighted by atomic mass is 10.3. The molecule has 0 saturated carbocycles. The largest absolute Gasteiger partial charge is 0.497 e. The van der Waals surface area contributed by atoms with Gasteiger partial charge in [-0.1, -0.05) is 0 Å². The zero-order valence-electron chi connectivity index (χ0n) is 15.6. The molecule has 28 heavy (non-hydrogen) atoms. The highest BCUT2D eigenvalue weighted by Gasteiger charge is 2.14. The van der Waals surface area contributed by atoms with Crippen molar-refractivity contribution in [3.05, 3.63) is 65.1 Å². The number of nitrogens with one attached hydrogen (secondary N) is 1. The Morgan fingerprint density at radius 1 is 1.18 bits per heavy atom. The first kappa shape index (κ1) is 19.2. The third kappa shape index (κ3) is 4.79. The molecule has 1 amide bonds. The van der Waals surface area contributed by atoms with Crippen molar-refractivity contribution in [1.82, 2.24) is 15.1 Å². The van der Waals surface area contributed by atoms with E-state index in [4.69, 9.17) is 13.9 Å². The predicted octanol–water partition coefficient (Wildman–Crippen LogP) is 2.10. The van der Waals surface area contributed by atoms with E-state index < -0.39 is 6.10 Å². The van der Waals surface area contributed by atoms with E-state index in [1.807, 2.05) is 0 Å². The van der Waals surface area contributed by atoms with Gasteiger partial charge in [0.05, 0.1) is 19.9 Å². The van der Waals surface area contributed by atoms with Crippen LogP contribution in [0.2, 0.25) is 0 Å². The molecular weight excluding hydrogens is 362 g/mol. The van der Waals surface area contributed by atoms with Crippen LogP contribution in [-0.2, 0) is 11.3 Å². The van der Waals surface area contributed by atoms with Crippen LogP contribution in [0, 0.1) is 0 Å². The van der Waals surface area contributed by atoms with Crippen LogP contribution in [0.5, 0.6) is 11.5 Å². The highest BCUT2D eigenvalue weighted by atomic mass is 16.5. The van der Waals surface area contributed by atoms with Crippen LogP contribution >= 0.6 is 0 Å². The van der Waals surface area contributed by atoms with Crippen molar-refractivity contribution in [3.8, 4) is 23.0 Å². The van der Waals surface area contributed by atoms with Crippen LogP contribution < -0.4 is 20.3 Å². The maximum atomic E-state index is 12.2. The molecule has 1 atom stereocenters. The number of carbonyl (C=O) groups excluding carboxylic acids is 1. The van der Waals surface area contributed by atoms with E-state index >= 15 is 0 Å². The second-order valence-corrected chi connectivity index (χ2v) is 5.98. The van der Waals surface area contributed by atoms with E-state index in [2.05, 4.69) is 10.4 Å². The molecule has 3 rings (SSSR count). The number of furan rings is 1. The van der Waals surface area contributed by atoms with Gasteiger partial charge in [-0.25, -0.2) is 4.68 Å². The molecule has 0 aliphatic carbocycles. The van der Waals surface area contributed by atoms with Crippen molar-refractivity contribution >= 4 is 5.91 Å². The topological polar surface area (TPSA) is 95.6 Å². The number of carbonyl (C=O) groups is 1. The standard InChI is InChI=1S/C20H21N3O5/c1-14(28-16-7-5-15(26-2)6-8-16)20(25)21-11-12-23-19(24)10-9-17(22-23)18-4-3-13-27-18/h3-10,13-14H,11-12H2,1-2H3,(H,21,25). The summed E-state index contributed by atoms with van der Waals surface area (Å²) >= 11 is 0. The zero-order chi connectivity index (χ0) is 19.9. The second-order valence-electron chi connectivity index (χ2n) is 5.98. The molecule has 0 aliphatic heterocycles. The van der Waals surface area contributed by atoms with Gasteiger partial charge in [-0.05, 0) is 49.4 Å². The van der Waals surface area contributed by atoms with E-state index in [0.717, 1.165) is 0 Å². The van der Waals surface area contributed by atoms with Crippen LogP contribution in [0.3, 0.4) is 0 Å². The number of benzene rings is 1. The normalized spacial score (nSPS) is 11.6. The molecule has 1 unspecified atom stereocenters. The lowest BCUT2D eigenvalue weighted by molar-refractivity contribution is -0.127. The highest BCUT2D eigenvalue weighted by molar-refractivity contribution is 5.80. The van der Waals surface area contributed by atoms with Gasteiger partial charge < -0.3 is 19.2 Å². The van der Waals surface area contributed by atoms with Crippen molar-refractivity contribution in [3.63, 3.8) is 0 Å². The SMILES string of the molecule is COc1ccc(OC(C)C(=O)NCCn2nc(-c3ccco3)ccc2=O)cc1. The molecule has 1 aromatic carbocycles. The van der Waals surface area contributed by atoms with Crippen LogP contribution in [0.15, 0.2) is 64.0 Å². The number of hydrogen-bond acceptors (Lipinski definition) is 6. The molecular formula is C20H21N3O5. The summed E-state index contributed by atoms with van der Waals surface area (Å²) in [6, 6.07) is 13.5. The van der Waals surface area contributed by atoms with E-state index in [-0.39, 0.29) is 24.6 Å². The Hall–Kier alpha value is -3.55. The molecule has 0 fully saturated rings. The van der Waals surface area contributed by atoms with Crippen molar-refractivity contribution in [2.75, 3.05) is 13.7 Å². The Labute approximate surface area is 161 Å². The van der Waals surface area contributed by atoms with Crippen LogP contribution in [0.4, 0.5) is 0 Å². The monoisotopic (exact) mass is 383 g/mol. The lowest BCUT2D eigenvalue weighted by Crippen LogP contribution is -2.39. The number of ether oxygens (including phenoxy) is 2. The maximum Gasteiger partial charge on any atom is 0.266 e. The number of nitrogens with zero attached hydrogens (tertiary/aromatic N) is 2. The summed E-state index contributed by atoms with van der Waals surface area (Å²) in [5.41, 5.74) is 0.291. The third-order valence-corrected chi connectivity index (χ3v) is 4.00. The van der Waals surface area contributed by atoms with Gasteiger partial charge in [0, 0.05) is 12.6 Å².